The fraction of sp³-hybridized carbons (Fsp3) is 0.158. The lowest BCUT2D eigenvalue weighted by Crippen LogP contribution is -2.04. The average molecular weight is 417 g/mol. The molecule has 1 aromatic heterocycles. The molecule has 0 aliphatic carbocycles. The van der Waals surface area contributed by atoms with Crippen molar-refractivity contribution in [2.45, 2.75) is 9.92 Å². The van der Waals surface area contributed by atoms with Gasteiger partial charge in [-0.2, -0.15) is 0 Å². The molecule has 122 valence electrons. The van der Waals surface area contributed by atoms with E-state index in [1.54, 1.807) is 0 Å². The van der Waals surface area contributed by atoms with E-state index >= 15 is 0 Å². The Morgan fingerprint density at radius 1 is 1.17 bits per heavy atom. The number of rotatable bonds is 3. The maximum Gasteiger partial charge on any atom is 0.0878 e. The molecule has 4 rings (SSSR count). The Morgan fingerprint density at radius 2 is 1.96 bits per heavy atom. The van der Waals surface area contributed by atoms with E-state index < -0.39 is 0 Å². The molecule has 1 N–H and O–H groups in total. The summed E-state index contributed by atoms with van der Waals surface area (Å²) < 4.78 is 3.42. The molecular formula is C19H17BrN2S2. The molecule has 2 aromatic carbocycles. The SMILES string of the molecule is Cn1c(Sc2ccc(Br)cc2)c(C=C2CNCS2)c2ccccc21. The van der Waals surface area contributed by atoms with E-state index in [4.69, 9.17) is 0 Å². The standard InChI is InChI=1S/C19H17BrN2S2/c1-22-18-5-3-2-4-16(18)17(10-15-11-21-12-23-15)19(22)24-14-8-6-13(20)7-9-14/h2-10,21H,11-12H2,1H3. The number of aromatic nitrogens is 1. The number of para-hydroxylation sites is 1. The van der Waals surface area contributed by atoms with Crippen LogP contribution in [-0.4, -0.2) is 17.0 Å². The second-order valence-electron chi connectivity index (χ2n) is 5.68. The Morgan fingerprint density at radius 3 is 2.71 bits per heavy atom. The highest BCUT2D eigenvalue weighted by molar-refractivity contribution is 9.10. The third kappa shape index (κ3) is 3.18. The quantitative estimate of drug-likeness (QED) is 0.587. The monoisotopic (exact) mass is 416 g/mol. The van der Waals surface area contributed by atoms with Gasteiger partial charge in [-0.3, -0.25) is 0 Å². The van der Waals surface area contributed by atoms with Crippen molar-refractivity contribution < 1.29 is 0 Å². The van der Waals surface area contributed by atoms with Crippen molar-refractivity contribution in [1.82, 2.24) is 9.88 Å². The van der Waals surface area contributed by atoms with Crippen LogP contribution in [0.15, 0.2) is 67.8 Å². The maximum atomic E-state index is 3.51. The molecule has 0 spiro atoms. The Labute approximate surface area is 158 Å². The lowest BCUT2D eigenvalue weighted by molar-refractivity contribution is 0.858. The molecule has 0 radical (unpaired) electrons. The predicted molar refractivity (Wildman–Crippen MR) is 110 cm³/mol. The Bertz CT molecular complexity index is 905. The second kappa shape index (κ2) is 7.00. The van der Waals surface area contributed by atoms with Gasteiger partial charge in [0, 0.05) is 50.2 Å². The smallest absolute Gasteiger partial charge is 0.0878 e. The van der Waals surface area contributed by atoms with Crippen LogP contribution in [-0.2, 0) is 7.05 Å². The highest BCUT2D eigenvalue weighted by atomic mass is 79.9. The number of fused-ring (bicyclic) bond motifs is 1. The van der Waals surface area contributed by atoms with Gasteiger partial charge in [-0.25, -0.2) is 0 Å². The van der Waals surface area contributed by atoms with Crippen LogP contribution < -0.4 is 5.32 Å². The van der Waals surface area contributed by atoms with Gasteiger partial charge in [0.25, 0.3) is 0 Å². The van der Waals surface area contributed by atoms with Crippen LogP contribution in [0.3, 0.4) is 0 Å². The fourth-order valence-corrected chi connectivity index (χ4v) is 4.97. The maximum absolute atomic E-state index is 3.51. The van der Waals surface area contributed by atoms with Crippen LogP contribution >= 0.6 is 39.5 Å². The van der Waals surface area contributed by atoms with Crippen molar-refractivity contribution in [2.75, 3.05) is 12.4 Å². The molecule has 2 nitrogen and oxygen atoms in total. The van der Waals surface area contributed by atoms with Gasteiger partial charge in [-0.15, -0.1) is 11.8 Å². The summed E-state index contributed by atoms with van der Waals surface area (Å²) in [6.45, 7) is 0.969. The van der Waals surface area contributed by atoms with E-state index in [-0.39, 0.29) is 0 Å². The summed E-state index contributed by atoms with van der Waals surface area (Å²) in [5, 5.41) is 6.01. The molecule has 1 aliphatic rings. The van der Waals surface area contributed by atoms with Crippen molar-refractivity contribution in [3.8, 4) is 0 Å². The van der Waals surface area contributed by atoms with Gasteiger partial charge in [-0.1, -0.05) is 45.9 Å². The number of benzene rings is 2. The third-order valence-electron chi connectivity index (χ3n) is 4.08. The van der Waals surface area contributed by atoms with E-state index in [1.807, 2.05) is 23.5 Å². The summed E-state index contributed by atoms with van der Waals surface area (Å²) in [4.78, 5) is 2.66. The van der Waals surface area contributed by atoms with Crippen molar-refractivity contribution >= 4 is 56.4 Å². The molecule has 5 heteroatoms. The Hall–Kier alpha value is -1.14. The lowest BCUT2D eigenvalue weighted by Gasteiger charge is -2.06. The van der Waals surface area contributed by atoms with Gasteiger partial charge in [0.1, 0.15) is 0 Å². The molecule has 1 saturated heterocycles. The molecule has 1 aliphatic heterocycles. The lowest BCUT2D eigenvalue weighted by atomic mass is 10.1. The zero-order chi connectivity index (χ0) is 16.5. The molecule has 2 heterocycles. The molecule has 0 saturated carbocycles. The highest BCUT2D eigenvalue weighted by Crippen LogP contribution is 2.39. The number of nitrogens with zero attached hydrogens (tertiary/aromatic N) is 1. The zero-order valence-corrected chi connectivity index (χ0v) is 16.5. The van der Waals surface area contributed by atoms with Crippen molar-refractivity contribution in [1.29, 1.82) is 0 Å². The number of halogens is 1. The number of hydrogen-bond donors (Lipinski definition) is 1. The van der Waals surface area contributed by atoms with E-state index in [1.165, 1.54) is 31.3 Å². The van der Waals surface area contributed by atoms with Crippen LogP contribution in [0.1, 0.15) is 5.56 Å². The Kier molecular flexibility index (Phi) is 4.77. The number of thioether (sulfide) groups is 1. The van der Waals surface area contributed by atoms with Crippen LogP contribution in [0.5, 0.6) is 0 Å². The van der Waals surface area contributed by atoms with E-state index in [2.05, 4.69) is 87.5 Å². The summed E-state index contributed by atoms with van der Waals surface area (Å²) in [6.07, 6.45) is 2.36. The molecule has 0 amide bonds. The van der Waals surface area contributed by atoms with Crippen molar-refractivity contribution in [2.24, 2.45) is 7.05 Å². The van der Waals surface area contributed by atoms with Crippen molar-refractivity contribution in [3.05, 3.63) is 63.5 Å². The van der Waals surface area contributed by atoms with Gasteiger partial charge in [0.15, 0.2) is 0 Å². The molecule has 0 unspecified atom stereocenters. The van der Waals surface area contributed by atoms with Gasteiger partial charge in [-0.05, 0) is 36.4 Å². The highest BCUT2D eigenvalue weighted by Gasteiger charge is 2.16. The molecular weight excluding hydrogens is 400 g/mol. The van der Waals surface area contributed by atoms with Gasteiger partial charge in [0.05, 0.1) is 5.03 Å². The van der Waals surface area contributed by atoms with Gasteiger partial charge >= 0.3 is 0 Å². The zero-order valence-electron chi connectivity index (χ0n) is 13.3. The molecule has 0 atom stereocenters. The minimum Gasteiger partial charge on any atom is -0.338 e. The van der Waals surface area contributed by atoms with Gasteiger partial charge in [0.2, 0.25) is 0 Å². The Balaban J connectivity index is 1.84. The number of nitrogens with one attached hydrogen (secondary N) is 1. The van der Waals surface area contributed by atoms with E-state index in [0.29, 0.717) is 0 Å². The van der Waals surface area contributed by atoms with E-state index in [0.717, 1.165) is 16.9 Å². The number of aryl methyl sites for hydroxylation is 1. The minimum absolute atomic E-state index is 0.969. The van der Waals surface area contributed by atoms with Crippen LogP contribution in [0.2, 0.25) is 0 Å². The molecule has 3 aromatic rings. The predicted octanol–water partition coefficient (Wildman–Crippen LogP) is 5.73. The first-order valence-electron chi connectivity index (χ1n) is 7.77. The van der Waals surface area contributed by atoms with Gasteiger partial charge < -0.3 is 9.88 Å². The number of hydrogen-bond acceptors (Lipinski definition) is 3. The summed E-state index contributed by atoms with van der Waals surface area (Å²) in [5.74, 6) is 1.01. The topological polar surface area (TPSA) is 17.0 Å². The minimum atomic E-state index is 0.969. The van der Waals surface area contributed by atoms with Crippen LogP contribution in [0, 0.1) is 0 Å². The summed E-state index contributed by atoms with van der Waals surface area (Å²) in [5.41, 5.74) is 2.60. The first kappa shape index (κ1) is 16.3. The summed E-state index contributed by atoms with van der Waals surface area (Å²) in [7, 11) is 2.16. The van der Waals surface area contributed by atoms with Crippen molar-refractivity contribution in [3.63, 3.8) is 0 Å². The molecule has 24 heavy (non-hydrogen) atoms. The first-order valence-corrected chi connectivity index (χ1v) is 10.4. The van der Waals surface area contributed by atoms with E-state index in [9.17, 15) is 0 Å². The summed E-state index contributed by atoms with van der Waals surface area (Å²) >= 11 is 7.24. The summed E-state index contributed by atoms with van der Waals surface area (Å²) in [6, 6.07) is 17.2. The van der Waals surface area contributed by atoms with Crippen LogP contribution in [0.25, 0.3) is 17.0 Å². The molecule has 1 fully saturated rings. The second-order valence-corrected chi connectivity index (χ2v) is 8.76. The van der Waals surface area contributed by atoms with Crippen LogP contribution in [0.4, 0.5) is 0 Å². The molecule has 0 bridgehead atoms. The first-order chi connectivity index (χ1) is 11.7. The third-order valence-corrected chi connectivity index (χ3v) is 6.79. The fourth-order valence-electron chi connectivity index (χ4n) is 2.90. The normalized spacial score (nSPS) is 16.3. The average Bonchev–Trinajstić information content (AvgIpc) is 3.20. The largest absolute Gasteiger partial charge is 0.338 e.